The Bertz CT molecular complexity index is 288. The monoisotopic (exact) mass is 195 g/mol. The van der Waals surface area contributed by atoms with Crippen LogP contribution in [0.4, 0.5) is 0 Å². The SMILES string of the molecule is C=C(C)C(NCC)c1ccc(C)s1. The summed E-state index contributed by atoms with van der Waals surface area (Å²) < 4.78 is 0. The number of aryl methyl sites for hydroxylation is 1. The molecule has 0 saturated heterocycles. The van der Waals surface area contributed by atoms with Crippen molar-refractivity contribution < 1.29 is 0 Å². The summed E-state index contributed by atoms with van der Waals surface area (Å²) in [6, 6.07) is 4.68. The molecule has 0 saturated carbocycles. The molecule has 0 amide bonds. The van der Waals surface area contributed by atoms with E-state index in [1.807, 2.05) is 11.3 Å². The van der Waals surface area contributed by atoms with E-state index in [4.69, 9.17) is 0 Å². The van der Waals surface area contributed by atoms with E-state index in [1.165, 1.54) is 15.3 Å². The van der Waals surface area contributed by atoms with E-state index in [2.05, 4.69) is 44.8 Å². The van der Waals surface area contributed by atoms with E-state index in [0.717, 1.165) is 6.54 Å². The van der Waals surface area contributed by atoms with Crippen molar-refractivity contribution >= 4 is 11.3 Å². The maximum atomic E-state index is 4.00. The lowest BCUT2D eigenvalue weighted by molar-refractivity contribution is 0.630. The molecule has 0 aliphatic carbocycles. The first-order chi connectivity index (χ1) is 6.15. The second-order valence-corrected chi connectivity index (χ2v) is 4.60. The van der Waals surface area contributed by atoms with Crippen LogP contribution in [0.15, 0.2) is 24.3 Å². The van der Waals surface area contributed by atoms with Crippen molar-refractivity contribution in [1.29, 1.82) is 0 Å². The number of nitrogens with one attached hydrogen (secondary N) is 1. The fourth-order valence-electron chi connectivity index (χ4n) is 1.33. The summed E-state index contributed by atoms with van der Waals surface area (Å²) in [6.45, 7) is 11.3. The van der Waals surface area contributed by atoms with Gasteiger partial charge >= 0.3 is 0 Å². The van der Waals surface area contributed by atoms with Crippen LogP contribution in [0.2, 0.25) is 0 Å². The molecule has 0 aliphatic rings. The molecule has 0 spiro atoms. The van der Waals surface area contributed by atoms with Crippen molar-refractivity contribution in [2.45, 2.75) is 26.8 Å². The summed E-state index contributed by atoms with van der Waals surface area (Å²) in [5.74, 6) is 0. The molecule has 1 aromatic heterocycles. The average molecular weight is 195 g/mol. The van der Waals surface area contributed by atoms with E-state index in [0.29, 0.717) is 6.04 Å². The maximum Gasteiger partial charge on any atom is 0.0625 e. The van der Waals surface area contributed by atoms with Gasteiger partial charge in [0.2, 0.25) is 0 Å². The van der Waals surface area contributed by atoms with Gasteiger partial charge in [-0.3, -0.25) is 0 Å². The third kappa shape index (κ3) is 2.68. The van der Waals surface area contributed by atoms with Gasteiger partial charge in [-0.25, -0.2) is 0 Å². The van der Waals surface area contributed by atoms with Gasteiger partial charge in [-0.15, -0.1) is 11.3 Å². The van der Waals surface area contributed by atoms with Crippen LogP contribution in [0.5, 0.6) is 0 Å². The van der Waals surface area contributed by atoms with Crippen LogP contribution in [0, 0.1) is 6.92 Å². The van der Waals surface area contributed by atoms with E-state index >= 15 is 0 Å². The fraction of sp³-hybridized carbons (Fsp3) is 0.455. The Morgan fingerprint density at radius 3 is 2.69 bits per heavy atom. The van der Waals surface area contributed by atoms with Gasteiger partial charge in [0.1, 0.15) is 0 Å². The van der Waals surface area contributed by atoms with Crippen LogP contribution in [0.3, 0.4) is 0 Å². The topological polar surface area (TPSA) is 12.0 Å². The van der Waals surface area contributed by atoms with Crippen molar-refractivity contribution in [2.75, 3.05) is 6.54 Å². The Balaban J connectivity index is 2.81. The zero-order chi connectivity index (χ0) is 9.84. The Labute approximate surface area is 84.5 Å². The van der Waals surface area contributed by atoms with Gasteiger partial charge in [0.15, 0.2) is 0 Å². The molecule has 0 fully saturated rings. The van der Waals surface area contributed by atoms with Crippen molar-refractivity contribution in [1.82, 2.24) is 5.32 Å². The molecule has 0 radical (unpaired) electrons. The van der Waals surface area contributed by atoms with Gasteiger partial charge in [0.05, 0.1) is 6.04 Å². The predicted octanol–water partition coefficient (Wildman–Crippen LogP) is 3.28. The minimum atomic E-state index is 0.337. The van der Waals surface area contributed by atoms with Crippen molar-refractivity contribution in [2.24, 2.45) is 0 Å². The van der Waals surface area contributed by atoms with Crippen LogP contribution >= 0.6 is 11.3 Å². The summed E-state index contributed by atoms with van der Waals surface area (Å²) in [6.07, 6.45) is 0. The molecule has 1 heterocycles. The van der Waals surface area contributed by atoms with Gasteiger partial charge < -0.3 is 5.32 Å². The molecule has 1 nitrogen and oxygen atoms in total. The zero-order valence-corrected chi connectivity index (χ0v) is 9.37. The molecule has 1 rings (SSSR count). The molecule has 2 heteroatoms. The van der Waals surface area contributed by atoms with Crippen molar-refractivity contribution in [3.8, 4) is 0 Å². The Morgan fingerprint density at radius 1 is 1.62 bits per heavy atom. The first-order valence-corrected chi connectivity index (χ1v) is 5.42. The Hall–Kier alpha value is -0.600. The third-order valence-corrected chi connectivity index (χ3v) is 3.01. The molecule has 1 aromatic rings. The lowest BCUT2D eigenvalue weighted by Crippen LogP contribution is -2.20. The van der Waals surface area contributed by atoms with E-state index in [1.54, 1.807) is 0 Å². The van der Waals surface area contributed by atoms with Crippen LogP contribution in [-0.4, -0.2) is 6.54 Å². The molecular weight excluding hydrogens is 178 g/mol. The summed E-state index contributed by atoms with van der Waals surface area (Å²) in [4.78, 5) is 2.73. The lowest BCUT2D eigenvalue weighted by atomic mass is 10.1. The molecule has 1 atom stereocenters. The first-order valence-electron chi connectivity index (χ1n) is 4.60. The molecule has 13 heavy (non-hydrogen) atoms. The van der Waals surface area contributed by atoms with Gasteiger partial charge in [-0.05, 0) is 32.5 Å². The highest BCUT2D eigenvalue weighted by Gasteiger charge is 2.11. The highest BCUT2D eigenvalue weighted by Crippen LogP contribution is 2.26. The van der Waals surface area contributed by atoms with Crippen LogP contribution in [-0.2, 0) is 0 Å². The molecule has 0 bridgehead atoms. The van der Waals surface area contributed by atoms with E-state index in [9.17, 15) is 0 Å². The molecule has 1 N–H and O–H groups in total. The summed E-state index contributed by atoms with van der Waals surface area (Å²) >= 11 is 1.84. The normalized spacial score (nSPS) is 12.8. The average Bonchev–Trinajstić information content (AvgIpc) is 2.46. The van der Waals surface area contributed by atoms with Crippen LogP contribution in [0.1, 0.15) is 29.6 Å². The van der Waals surface area contributed by atoms with Crippen molar-refractivity contribution in [3.05, 3.63) is 34.0 Å². The lowest BCUT2D eigenvalue weighted by Gasteiger charge is -2.15. The van der Waals surface area contributed by atoms with Gasteiger partial charge in [0.25, 0.3) is 0 Å². The van der Waals surface area contributed by atoms with E-state index in [-0.39, 0.29) is 0 Å². The number of hydrogen-bond acceptors (Lipinski definition) is 2. The Kier molecular flexibility index (Phi) is 3.70. The number of likely N-dealkylation sites (N-methyl/N-ethyl adjacent to an activating group) is 1. The second-order valence-electron chi connectivity index (χ2n) is 3.29. The maximum absolute atomic E-state index is 4.00. The molecule has 1 unspecified atom stereocenters. The van der Waals surface area contributed by atoms with Crippen LogP contribution in [0.25, 0.3) is 0 Å². The van der Waals surface area contributed by atoms with Gasteiger partial charge in [-0.2, -0.15) is 0 Å². The van der Waals surface area contributed by atoms with Gasteiger partial charge in [0, 0.05) is 9.75 Å². The highest BCUT2D eigenvalue weighted by molar-refractivity contribution is 7.12. The highest BCUT2D eigenvalue weighted by atomic mass is 32.1. The molecule has 0 aliphatic heterocycles. The number of thiophene rings is 1. The summed E-state index contributed by atoms with van der Waals surface area (Å²) in [7, 11) is 0. The van der Waals surface area contributed by atoms with E-state index < -0.39 is 0 Å². The van der Waals surface area contributed by atoms with Gasteiger partial charge in [-0.1, -0.05) is 19.1 Å². The zero-order valence-electron chi connectivity index (χ0n) is 8.55. The number of rotatable bonds is 4. The second kappa shape index (κ2) is 4.58. The van der Waals surface area contributed by atoms with Crippen molar-refractivity contribution in [3.63, 3.8) is 0 Å². The largest absolute Gasteiger partial charge is 0.306 e. The smallest absolute Gasteiger partial charge is 0.0625 e. The summed E-state index contributed by atoms with van der Waals surface area (Å²) in [5.41, 5.74) is 1.18. The van der Waals surface area contributed by atoms with Crippen LogP contribution < -0.4 is 5.32 Å². The first kappa shape index (κ1) is 10.5. The fourth-order valence-corrected chi connectivity index (χ4v) is 2.38. The number of hydrogen-bond donors (Lipinski definition) is 1. The molecular formula is C11H17NS. The third-order valence-electron chi connectivity index (χ3n) is 1.95. The summed E-state index contributed by atoms with van der Waals surface area (Å²) in [5, 5.41) is 3.42. The molecule has 0 aromatic carbocycles. The quantitative estimate of drug-likeness (QED) is 0.727. The predicted molar refractivity (Wildman–Crippen MR) is 60.3 cm³/mol. The minimum absolute atomic E-state index is 0.337. The minimum Gasteiger partial charge on any atom is -0.306 e. The molecule has 72 valence electrons. The Morgan fingerprint density at radius 2 is 2.31 bits per heavy atom. The standard InChI is InChI=1S/C11H17NS/c1-5-12-11(8(2)3)10-7-6-9(4)13-10/h6-7,11-12H,2,5H2,1,3-4H3.